The molecule has 6 heteroatoms. The molecule has 0 unspecified atom stereocenters. The summed E-state index contributed by atoms with van der Waals surface area (Å²) >= 11 is 0. The van der Waals surface area contributed by atoms with Crippen LogP contribution in [0.5, 0.6) is 0 Å². The largest absolute Gasteiger partial charge is 0.478 e. The van der Waals surface area contributed by atoms with Gasteiger partial charge >= 0.3 is 5.97 Å². The van der Waals surface area contributed by atoms with E-state index in [2.05, 4.69) is 5.10 Å². The fourth-order valence-corrected chi connectivity index (χ4v) is 1.94. The predicted octanol–water partition coefficient (Wildman–Crippen LogP) is 2.37. The smallest absolute Gasteiger partial charge is 0.339 e. The van der Waals surface area contributed by atoms with E-state index in [-0.39, 0.29) is 16.8 Å². The molecule has 0 saturated carbocycles. The number of rotatable bonds is 2. The van der Waals surface area contributed by atoms with Crippen molar-refractivity contribution >= 4 is 5.97 Å². The third-order valence-corrected chi connectivity index (χ3v) is 2.57. The van der Waals surface area contributed by atoms with Crippen LogP contribution in [-0.2, 0) is 7.05 Å². The van der Waals surface area contributed by atoms with Crippen molar-refractivity contribution in [2.24, 2.45) is 7.05 Å². The molecule has 0 aliphatic rings. The van der Waals surface area contributed by atoms with Gasteiger partial charge in [0.05, 0.1) is 11.4 Å². The monoisotopic (exact) mass is 252 g/mol. The molecule has 18 heavy (non-hydrogen) atoms. The molecule has 0 saturated heterocycles. The summed E-state index contributed by atoms with van der Waals surface area (Å²) in [6, 6.07) is 2.88. The molecule has 1 aromatic heterocycles. The van der Waals surface area contributed by atoms with Gasteiger partial charge in [-0.1, -0.05) is 0 Å². The molecule has 1 N–H and O–H groups in total. The van der Waals surface area contributed by atoms with Crippen LogP contribution < -0.4 is 0 Å². The fraction of sp³-hybridized carbons (Fsp3) is 0.167. The van der Waals surface area contributed by atoms with Crippen LogP contribution in [0.1, 0.15) is 16.1 Å². The van der Waals surface area contributed by atoms with Crippen LogP contribution >= 0.6 is 0 Å². The van der Waals surface area contributed by atoms with Crippen molar-refractivity contribution in [3.05, 3.63) is 41.1 Å². The van der Waals surface area contributed by atoms with E-state index in [0.29, 0.717) is 5.69 Å². The molecule has 2 rings (SSSR count). The first-order valence-corrected chi connectivity index (χ1v) is 5.13. The zero-order valence-corrected chi connectivity index (χ0v) is 9.74. The molecule has 0 spiro atoms. The number of aromatic carboxylic acids is 1. The average Bonchev–Trinajstić information content (AvgIpc) is 2.51. The second kappa shape index (κ2) is 4.21. The van der Waals surface area contributed by atoms with Crippen LogP contribution in [0.3, 0.4) is 0 Å². The van der Waals surface area contributed by atoms with Crippen molar-refractivity contribution in [3.8, 4) is 11.3 Å². The Balaban J connectivity index is 2.74. The van der Waals surface area contributed by atoms with Crippen molar-refractivity contribution in [1.29, 1.82) is 0 Å². The van der Waals surface area contributed by atoms with Crippen molar-refractivity contribution in [2.45, 2.75) is 6.92 Å². The van der Waals surface area contributed by atoms with E-state index < -0.39 is 17.6 Å². The standard InChI is InChI=1S/C12H10F2N2O2/c1-6-10(12(17)18)11(16(2)15-6)7-3-8(13)5-9(14)4-7/h3-5H,1-2H3,(H,17,18). The molecule has 4 nitrogen and oxygen atoms in total. The summed E-state index contributed by atoms with van der Waals surface area (Å²) < 4.78 is 27.6. The van der Waals surface area contributed by atoms with Crippen LogP contribution in [0.2, 0.25) is 0 Å². The van der Waals surface area contributed by atoms with Gasteiger partial charge in [0.1, 0.15) is 17.2 Å². The van der Waals surface area contributed by atoms with E-state index in [4.69, 9.17) is 5.11 Å². The Kier molecular flexibility index (Phi) is 2.86. The molecule has 94 valence electrons. The molecule has 0 aliphatic carbocycles. The van der Waals surface area contributed by atoms with Gasteiger partial charge in [-0.25, -0.2) is 13.6 Å². The molecule has 2 aromatic rings. The predicted molar refractivity (Wildman–Crippen MR) is 60.3 cm³/mol. The minimum atomic E-state index is -1.18. The number of aromatic nitrogens is 2. The quantitative estimate of drug-likeness (QED) is 0.892. The Labute approximate surface area is 101 Å². The zero-order chi connectivity index (χ0) is 13.4. The molecule has 1 aromatic carbocycles. The number of carbonyl (C=O) groups is 1. The van der Waals surface area contributed by atoms with Gasteiger partial charge in [0.25, 0.3) is 0 Å². The van der Waals surface area contributed by atoms with E-state index in [0.717, 1.165) is 18.2 Å². The van der Waals surface area contributed by atoms with Crippen LogP contribution in [0.25, 0.3) is 11.3 Å². The van der Waals surface area contributed by atoms with Crippen molar-refractivity contribution in [1.82, 2.24) is 9.78 Å². The lowest BCUT2D eigenvalue weighted by Crippen LogP contribution is -2.02. The Morgan fingerprint density at radius 1 is 1.28 bits per heavy atom. The number of hydrogen-bond donors (Lipinski definition) is 1. The van der Waals surface area contributed by atoms with Gasteiger partial charge in [0, 0.05) is 18.7 Å². The van der Waals surface area contributed by atoms with Crippen LogP contribution in [0.15, 0.2) is 18.2 Å². The third kappa shape index (κ3) is 1.97. The van der Waals surface area contributed by atoms with Crippen molar-refractivity contribution < 1.29 is 18.7 Å². The highest BCUT2D eigenvalue weighted by Crippen LogP contribution is 2.27. The molecule has 0 bridgehead atoms. The maximum Gasteiger partial charge on any atom is 0.339 e. The lowest BCUT2D eigenvalue weighted by atomic mass is 10.1. The molecule has 0 aliphatic heterocycles. The highest BCUT2D eigenvalue weighted by Gasteiger charge is 2.21. The summed E-state index contributed by atoms with van der Waals surface area (Å²) in [4.78, 5) is 11.2. The summed E-state index contributed by atoms with van der Waals surface area (Å²) in [5.41, 5.74) is 0.568. The first-order chi connectivity index (χ1) is 8.40. The number of nitrogens with zero attached hydrogens (tertiary/aromatic N) is 2. The maximum atomic E-state index is 13.2. The van der Waals surface area contributed by atoms with E-state index >= 15 is 0 Å². The van der Waals surface area contributed by atoms with Crippen molar-refractivity contribution in [3.63, 3.8) is 0 Å². The van der Waals surface area contributed by atoms with Gasteiger partial charge in [-0.15, -0.1) is 0 Å². The molecule has 0 radical (unpaired) electrons. The second-order valence-corrected chi connectivity index (χ2v) is 3.90. The Morgan fingerprint density at radius 2 is 1.83 bits per heavy atom. The SMILES string of the molecule is Cc1nn(C)c(-c2cc(F)cc(F)c2)c1C(=O)O. The molecule has 0 fully saturated rings. The number of aryl methyl sites for hydroxylation is 2. The van der Waals surface area contributed by atoms with E-state index in [9.17, 15) is 13.6 Å². The Hall–Kier alpha value is -2.24. The molecular formula is C12H10F2N2O2. The highest BCUT2D eigenvalue weighted by atomic mass is 19.1. The normalized spacial score (nSPS) is 10.7. The fourth-order valence-electron chi connectivity index (χ4n) is 1.94. The third-order valence-electron chi connectivity index (χ3n) is 2.57. The summed E-state index contributed by atoms with van der Waals surface area (Å²) in [5.74, 6) is -2.71. The summed E-state index contributed by atoms with van der Waals surface area (Å²) in [6.45, 7) is 1.53. The van der Waals surface area contributed by atoms with E-state index in [1.165, 1.54) is 18.7 Å². The minimum Gasteiger partial charge on any atom is -0.478 e. The van der Waals surface area contributed by atoms with Gasteiger partial charge in [0.15, 0.2) is 0 Å². The van der Waals surface area contributed by atoms with Crippen LogP contribution in [0.4, 0.5) is 8.78 Å². The van der Waals surface area contributed by atoms with Gasteiger partial charge in [-0.05, 0) is 19.1 Å². The second-order valence-electron chi connectivity index (χ2n) is 3.90. The Bertz CT molecular complexity index is 615. The lowest BCUT2D eigenvalue weighted by Gasteiger charge is -2.04. The topological polar surface area (TPSA) is 55.1 Å². The first kappa shape index (κ1) is 12.2. The summed E-state index contributed by atoms with van der Waals surface area (Å²) in [6.07, 6.45) is 0. The molecular weight excluding hydrogens is 242 g/mol. The van der Waals surface area contributed by atoms with Crippen molar-refractivity contribution in [2.75, 3.05) is 0 Å². The van der Waals surface area contributed by atoms with Gasteiger partial charge < -0.3 is 5.11 Å². The first-order valence-electron chi connectivity index (χ1n) is 5.13. The zero-order valence-electron chi connectivity index (χ0n) is 9.74. The lowest BCUT2D eigenvalue weighted by molar-refractivity contribution is 0.0697. The number of carboxylic acid groups (broad SMARTS) is 1. The Morgan fingerprint density at radius 3 is 2.33 bits per heavy atom. The van der Waals surface area contributed by atoms with Crippen LogP contribution in [-0.4, -0.2) is 20.9 Å². The minimum absolute atomic E-state index is 0.0532. The maximum absolute atomic E-state index is 13.2. The van der Waals surface area contributed by atoms with Gasteiger partial charge in [-0.3, -0.25) is 4.68 Å². The van der Waals surface area contributed by atoms with Crippen LogP contribution in [0, 0.1) is 18.6 Å². The molecule has 0 amide bonds. The number of benzene rings is 1. The molecule has 1 heterocycles. The average molecular weight is 252 g/mol. The summed E-state index contributed by atoms with van der Waals surface area (Å²) in [5, 5.41) is 13.1. The number of carboxylic acids is 1. The van der Waals surface area contributed by atoms with Gasteiger partial charge in [-0.2, -0.15) is 5.10 Å². The number of hydrogen-bond acceptors (Lipinski definition) is 2. The molecule has 0 atom stereocenters. The number of halogens is 2. The van der Waals surface area contributed by atoms with Gasteiger partial charge in [0.2, 0.25) is 0 Å². The van der Waals surface area contributed by atoms with E-state index in [1.54, 1.807) is 0 Å². The highest BCUT2D eigenvalue weighted by molar-refractivity contribution is 5.96. The summed E-state index contributed by atoms with van der Waals surface area (Å²) in [7, 11) is 1.53. The van der Waals surface area contributed by atoms with E-state index in [1.807, 2.05) is 0 Å².